The molecule has 1 aliphatic rings. The van der Waals surface area contributed by atoms with E-state index in [1.807, 2.05) is 18.2 Å². The summed E-state index contributed by atoms with van der Waals surface area (Å²) in [7, 11) is 0. The summed E-state index contributed by atoms with van der Waals surface area (Å²) in [6.45, 7) is 0.687. The highest BCUT2D eigenvalue weighted by Gasteiger charge is 2.18. The third-order valence-electron chi connectivity index (χ3n) is 3.28. The van der Waals surface area contributed by atoms with Crippen molar-refractivity contribution < 1.29 is 13.9 Å². The Kier molecular flexibility index (Phi) is 3.71. The van der Waals surface area contributed by atoms with Crippen LogP contribution in [0.4, 0.5) is 4.39 Å². The van der Waals surface area contributed by atoms with Gasteiger partial charge in [-0.25, -0.2) is 4.39 Å². The van der Waals surface area contributed by atoms with Gasteiger partial charge in [-0.2, -0.15) is 0 Å². The number of hydrogen-bond acceptors (Lipinski definition) is 2. The minimum atomic E-state index is -0.323. The van der Waals surface area contributed by atoms with Gasteiger partial charge in [-0.3, -0.25) is 0 Å². The Balaban J connectivity index is 1.91. The molecule has 19 heavy (non-hydrogen) atoms. The number of fused-ring (bicyclic) bond motifs is 1. The zero-order valence-electron chi connectivity index (χ0n) is 10.4. The fourth-order valence-corrected chi connectivity index (χ4v) is 2.66. The van der Waals surface area contributed by atoms with Crippen LogP contribution in [0.2, 0.25) is 0 Å². The molecule has 1 fully saturated rings. The van der Waals surface area contributed by atoms with E-state index in [1.165, 1.54) is 0 Å². The summed E-state index contributed by atoms with van der Waals surface area (Å²) < 4.78 is 26.4. The van der Waals surface area contributed by atoms with Gasteiger partial charge in [0.25, 0.3) is 0 Å². The number of rotatable bonds is 2. The van der Waals surface area contributed by atoms with E-state index < -0.39 is 0 Å². The molecule has 0 bridgehead atoms. The smallest absolute Gasteiger partial charge is 0.199 e. The highest BCUT2D eigenvalue weighted by molar-refractivity contribution is 9.10. The van der Waals surface area contributed by atoms with Crippen molar-refractivity contribution in [3.63, 3.8) is 0 Å². The lowest BCUT2D eigenvalue weighted by atomic mass is 10.1. The van der Waals surface area contributed by atoms with Crippen LogP contribution in [-0.2, 0) is 4.74 Å². The minimum absolute atomic E-state index is 0.265. The standard InChI is InChI=1S/C15H14BrFO2/c16-11-5-6-12-10(9-11)4-7-13(15(12)17)19-14-3-1-2-8-18-14/h4-7,9,14H,1-3,8H2. The highest BCUT2D eigenvalue weighted by Crippen LogP contribution is 2.30. The fraction of sp³-hybridized carbons (Fsp3) is 0.333. The summed E-state index contributed by atoms with van der Waals surface area (Å²) in [5.41, 5.74) is 0. The Hall–Kier alpha value is -1.13. The molecule has 0 N–H and O–H groups in total. The molecule has 2 nitrogen and oxygen atoms in total. The number of hydrogen-bond donors (Lipinski definition) is 0. The molecule has 100 valence electrons. The van der Waals surface area contributed by atoms with Crippen molar-refractivity contribution in [3.8, 4) is 5.75 Å². The number of ether oxygens (including phenoxy) is 2. The first-order valence-corrected chi connectivity index (χ1v) is 7.19. The first kappa shape index (κ1) is 12.9. The van der Waals surface area contributed by atoms with E-state index in [0.29, 0.717) is 12.0 Å². The van der Waals surface area contributed by atoms with Crippen LogP contribution in [0.1, 0.15) is 19.3 Å². The first-order chi connectivity index (χ1) is 9.24. The summed E-state index contributed by atoms with van der Waals surface area (Å²) in [5.74, 6) is -0.0547. The molecule has 3 rings (SSSR count). The van der Waals surface area contributed by atoms with Crippen LogP contribution in [0.5, 0.6) is 5.75 Å². The molecule has 1 heterocycles. The van der Waals surface area contributed by atoms with Crippen molar-refractivity contribution in [1.29, 1.82) is 0 Å². The predicted molar refractivity (Wildman–Crippen MR) is 75.8 cm³/mol. The summed E-state index contributed by atoms with van der Waals surface area (Å²) in [5, 5.41) is 1.42. The van der Waals surface area contributed by atoms with Crippen LogP contribution >= 0.6 is 15.9 Å². The van der Waals surface area contributed by atoms with Gasteiger partial charge >= 0.3 is 0 Å². The van der Waals surface area contributed by atoms with E-state index >= 15 is 0 Å². The molecular weight excluding hydrogens is 311 g/mol. The molecule has 2 aromatic carbocycles. The molecule has 0 spiro atoms. The molecule has 0 aromatic heterocycles. The molecule has 1 unspecified atom stereocenters. The van der Waals surface area contributed by atoms with Crippen LogP contribution in [0.3, 0.4) is 0 Å². The third-order valence-corrected chi connectivity index (χ3v) is 3.77. The van der Waals surface area contributed by atoms with Crippen LogP contribution < -0.4 is 4.74 Å². The Bertz CT molecular complexity index is 594. The van der Waals surface area contributed by atoms with Crippen LogP contribution in [-0.4, -0.2) is 12.9 Å². The molecule has 0 saturated carbocycles. The first-order valence-electron chi connectivity index (χ1n) is 6.40. The van der Waals surface area contributed by atoms with Crippen molar-refractivity contribution in [3.05, 3.63) is 40.6 Å². The van der Waals surface area contributed by atoms with Gasteiger partial charge in [-0.1, -0.05) is 28.1 Å². The Morgan fingerprint density at radius 2 is 2.11 bits per heavy atom. The molecule has 1 aliphatic heterocycles. The Morgan fingerprint density at radius 3 is 2.89 bits per heavy atom. The van der Waals surface area contributed by atoms with E-state index in [-0.39, 0.29) is 17.9 Å². The molecule has 0 radical (unpaired) electrons. The second kappa shape index (κ2) is 5.47. The average Bonchev–Trinajstić information content (AvgIpc) is 2.43. The quantitative estimate of drug-likeness (QED) is 0.800. The fourth-order valence-electron chi connectivity index (χ4n) is 2.28. The van der Waals surface area contributed by atoms with Crippen molar-refractivity contribution >= 4 is 26.7 Å². The van der Waals surface area contributed by atoms with Crippen LogP contribution in [0.15, 0.2) is 34.8 Å². The highest BCUT2D eigenvalue weighted by atomic mass is 79.9. The monoisotopic (exact) mass is 324 g/mol. The van der Waals surface area contributed by atoms with Gasteiger partial charge in [0.2, 0.25) is 0 Å². The van der Waals surface area contributed by atoms with Gasteiger partial charge in [0.15, 0.2) is 17.9 Å². The predicted octanol–water partition coefficient (Wildman–Crippen LogP) is 4.65. The topological polar surface area (TPSA) is 18.5 Å². The van der Waals surface area contributed by atoms with Gasteiger partial charge in [0, 0.05) is 16.3 Å². The Morgan fingerprint density at radius 1 is 1.21 bits per heavy atom. The van der Waals surface area contributed by atoms with E-state index in [2.05, 4.69) is 15.9 Å². The van der Waals surface area contributed by atoms with E-state index in [4.69, 9.17) is 9.47 Å². The van der Waals surface area contributed by atoms with Crippen molar-refractivity contribution in [2.24, 2.45) is 0 Å². The lowest BCUT2D eigenvalue weighted by Gasteiger charge is -2.23. The van der Waals surface area contributed by atoms with Crippen LogP contribution in [0, 0.1) is 5.82 Å². The second-order valence-electron chi connectivity index (χ2n) is 4.66. The summed E-state index contributed by atoms with van der Waals surface area (Å²) in [6.07, 6.45) is 2.61. The summed E-state index contributed by atoms with van der Waals surface area (Å²) in [6, 6.07) is 9.00. The number of halogens is 2. The third kappa shape index (κ3) is 2.74. The normalized spacial score (nSPS) is 19.6. The summed E-state index contributed by atoms with van der Waals surface area (Å²) in [4.78, 5) is 0. The zero-order chi connectivity index (χ0) is 13.2. The molecule has 2 aromatic rings. The van der Waals surface area contributed by atoms with Gasteiger partial charge in [-0.05, 0) is 36.4 Å². The maximum Gasteiger partial charge on any atom is 0.199 e. The Labute approximate surface area is 119 Å². The average molecular weight is 325 g/mol. The molecule has 1 atom stereocenters. The van der Waals surface area contributed by atoms with E-state index in [0.717, 1.165) is 29.1 Å². The van der Waals surface area contributed by atoms with Gasteiger partial charge in [0.05, 0.1) is 6.61 Å². The van der Waals surface area contributed by atoms with Crippen molar-refractivity contribution in [2.75, 3.05) is 6.61 Å². The van der Waals surface area contributed by atoms with Gasteiger partial charge in [-0.15, -0.1) is 0 Å². The van der Waals surface area contributed by atoms with Crippen molar-refractivity contribution in [1.82, 2.24) is 0 Å². The molecule has 1 saturated heterocycles. The van der Waals surface area contributed by atoms with Gasteiger partial charge in [0.1, 0.15) is 0 Å². The molecule has 0 aliphatic carbocycles. The van der Waals surface area contributed by atoms with Crippen molar-refractivity contribution in [2.45, 2.75) is 25.6 Å². The second-order valence-corrected chi connectivity index (χ2v) is 5.57. The largest absolute Gasteiger partial charge is 0.462 e. The molecule has 4 heteroatoms. The number of benzene rings is 2. The SMILES string of the molecule is Fc1c(OC2CCCCO2)ccc2cc(Br)ccc12. The minimum Gasteiger partial charge on any atom is -0.462 e. The maximum atomic E-state index is 14.4. The lowest BCUT2D eigenvalue weighted by Crippen LogP contribution is -2.25. The zero-order valence-corrected chi connectivity index (χ0v) is 12.0. The lowest BCUT2D eigenvalue weighted by molar-refractivity contribution is -0.107. The van der Waals surface area contributed by atoms with E-state index in [9.17, 15) is 4.39 Å². The summed E-state index contributed by atoms with van der Waals surface area (Å²) >= 11 is 3.38. The molecule has 0 amide bonds. The molecular formula is C15H14BrFO2. The van der Waals surface area contributed by atoms with Crippen LogP contribution in [0.25, 0.3) is 10.8 Å². The van der Waals surface area contributed by atoms with E-state index in [1.54, 1.807) is 12.1 Å². The maximum absolute atomic E-state index is 14.4. The van der Waals surface area contributed by atoms with Gasteiger partial charge < -0.3 is 9.47 Å².